The first kappa shape index (κ1) is 16.1. The van der Waals surface area contributed by atoms with Crippen LogP contribution >= 0.6 is 11.6 Å². The van der Waals surface area contributed by atoms with Gasteiger partial charge >= 0.3 is 0 Å². The molecule has 1 unspecified atom stereocenters. The number of fused-ring (bicyclic) bond motifs is 3. The molecule has 1 aliphatic heterocycles. The van der Waals surface area contributed by atoms with E-state index in [2.05, 4.69) is 19.9 Å². The molecule has 8 atom stereocenters. The third-order valence-corrected chi connectivity index (χ3v) is 9.94. The zero-order chi connectivity index (χ0) is 16.7. The molecule has 2 nitrogen and oxygen atoms in total. The molecule has 0 aromatic carbocycles. The van der Waals surface area contributed by atoms with Crippen molar-refractivity contribution in [3.63, 3.8) is 0 Å². The van der Waals surface area contributed by atoms with Crippen molar-refractivity contribution in [2.75, 3.05) is 6.61 Å². The average Bonchev–Trinajstić information content (AvgIpc) is 2.96. The summed E-state index contributed by atoms with van der Waals surface area (Å²) in [7, 11) is 0. The van der Waals surface area contributed by atoms with Crippen molar-refractivity contribution >= 4 is 11.6 Å². The zero-order valence-electron chi connectivity index (χ0n) is 15.1. The Hall–Kier alpha value is -0.0500. The van der Waals surface area contributed by atoms with Gasteiger partial charge < -0.3 is 9.84 Å². The van der Waals surface area contributed by atoms with Gasteiger partial charge in [0.2, 0.25) is 0 Å². The first-order valence-electron chi connectivity index (χ1n) is 10.1. The van der Waals surface area contributed by atoms with Crippen molar-refractivity contribution in [2.45, 2.75) is 82.3 Å². The molecule has 0 aromatic rings. The molecule has 1 N–H and O–H groups in total. The van der Waals surface area contributed by atoms with E-state index in [1.807, 2.05) is 0 Å². The van der Waals surface area contributed by atoms with Gasteiger partial charge in [0.1, 0.15) is 0 Å². The van der Waals surface area contributed by atoms with Gasteiger partial charge in [-0.2, -0.15) is 0 Å². The normalized spacial score (nSPS) is 60.7. The summed E-state index contributed by atoms with van der Waals surface area (Å²) in [5.74, 6) is 2.29. The summed E-state index contributed by atoms with van der Waals surface area (Å²) in [6.07, 6.45) is 11.4. The number of halogens is 1. The summed E-state index contributed by atoms with van der Waals surface area (Å²) in [6, 6.07) is 0. The van der Waals surface area contributed by atoms with E-state index in [1.165, 1.54) is 25.7 Å². The minimum absolute atomic E-state index is 0.126. The van der Waals surface area contributed by atoms with E-state index >= 15 is 0 Å². The number of hydrogen-bond acceptors (Lipinski definition) is 2. The third-order valence-electron chi connectivity index (χ3n) is 9.17. The number of alkyl halides is 1. The third kappa shape index (κ3) is 1.71. The zero-order valence-corrected chi connectivity index (χ0v) is 15.8. The van der Waals surface area contributed by atoms with Crippen LogP contribution in [-0.2, 0) is 4.74 Å². The molecule has 0 aromatic heterocycles. The van der Waals surface area contributed by atoms with E-state index in [0.717, 1.165) is 44.1 Å². The molecule has 5 aliphatic rings. The number of hydrogen-bond donors (Lipinski definition) is 1. The lowest BCUT2D eigenvalue weighted by Gasteiger charge is -2.62. The number of ether oxygens (including phenoxy) is 1. The van der Waals surface area contributed by atoms with Gasteiger partial charge in [-0.3, -0.25) is 0 Å². The largest absolute Gasteiger partial charge is 0.393 e. The predicted molar refractivity (Wildman–Crippen MR) is 96.0 cm³/mol. The second-order valence-electron chi connectivity index (χ2n) is 9.64. The number of aliphatic hydroxyl groups excluding tert-OH is 1. The molecule has 0 spiro atoms. The summed E-state index contributed by atoms with van der Waals surface area (Å²) in [6.45, 7) is 5.60. The summed E-state index contributed by atoms with van der Waals surface area (Å²) in [5.41, 5.74) is 2.26. The molecule has 5 rings (SSSR count). The highest BCUT2D eigenvalue weighted by Crippen LogP contribution is 2.72. The standard InChI is InChI=1S/C21H31ClO2/c1-3-13-4-5-16-15-10-18-21(22)11-14(23)6-9-20(21,12-24-18)17(15)7-8-19(13,16)2/h3,14-18,23H,4-12H2,1-2H3/t14-,15-,16-,17-,18?,19+,20-,21-/m0/s1. The summed E-state index contributed by atoms with van der Waals surface area (Å²) in [5, 5.41) is 10.3. The number of rotatable bonds is 0. The molecule has 134 valence electrons. The topological polar surface area (TPSA) is 29.5 Å². The monoisotopic (exact) mass is 350 g/mol. The molecule has 2 bridgehead atoms. The molecule has 4 saturated carbocycles. The quantitative estimate of drug-likeness (QED) is 0.507. The van der Waals surface area contributed by atoms with E-state index in [0.29, 0.717) is 11.3 Å². The Morgan fingerprint density at radius 2 is 2.04 bits per heavy atom. The fourth-order valence-corrected chi connectivity index (χ4v) is 8.65. The van der Waals surface area contributed by atoms with Crippen molar-refractivity contribution in [2.24, 2.45) is 28.6 Å². The van der Waals surface area contributed by atoms with Gasteiger partial charge in [0.05, 0.1) is 23.7 Å². The fourth-order valence-electron chi connectivity index (χ4n) is 8.03. The maximum absolute atomic E-state index is 10.3. The van der Waals surface area contributed by atoms with Crippen molar-refractivity contribution in [3.8, 4) is 0 Å². The molecule has 0 radical (unpaired) electrons. The van der Waals surface area contributed by atoms with E-state index in [4.69, 9.17) is 16.3 Å². The van der Waals surface area contributed by atoms with Gasteiger partial charge in [-0.15, -0.1) is 11.6 Å². The second-order valence-corrected chi connectivity index (χ2v) is 10.3. The minimum Gasteiger partial charge on any atom is -0.393 e. The molecular weight excluding hydrogens is 320 g/mol. The average molecular weight is 351 g/mol. The van der Waals surface area contributed by atoms with Crippen LogP contribution in [0.15, 0.2) is 11.6 Å². The SMILES string of the molecule is CC=C1CC[C@H]2[C@@H]3CC4OC[C@@]5(CC[C@H](O)C[C@]45Cl)[C@H]3CC[C@]12C. The maximum Gasteiger partial charge on any atom is 0.0812 e. The number of allylic oxidation sites excluding steroid dienone is 2. The van der Waals surface area contributed by atoms with Crippen LogP contribution < -0.4 is 0 Å². The Balaban J connectivity index is 1.55. The van der Waals surface area contributed by atoms with Crippen molar-refractivity contribution < 1.29 is 9.84 Å². The van der Waals surface area contributed by atoms with Crippen molar-refractivity contribution in [1.82, 2.24) is 0 Å². The van der Waals surface area contributed by atoms with Crippen LogP contribution in [-0.4, -0.2) is 28.8 Å². The van der Waals surface area contributed by atoms with Crippen LogP contribution in [0.25, 0.3) is 0 Å². The molecular formula is C21H31ClO2. The second kappa shape index (κ2) is 5.02. The Kier molecular flexibility index (Phi) is 3.38. The van der Waals surface area contributed by atoms with Gasteiger partial charge in [-0.1, -0.05) is 18.6 Å². The Bertz CT molecular complexity index is 588. The lowest BCUT2D eigenvalue weighted by molar-refractivity contribution is -0.0936. The van der Waals surface area contributed by atoms with E-state index < -0.39 is 0 Å². The molecule has 4 aliphatic carbocycles. The minimum atomic E-state index is -0.304. The van der Waals surface area contributed by atoms with Crippen molar-refractivity contribution in [3.05, 3.63) is 11.6 Å². The van der Waals surface area contributed by atoms with Crippen LogP contribution in [0.1, 0.15) is 65.2 Å². The Labute approximate surface area is 151 Å². The highest BCUT2D eigenvalue weighted by Gasteiger charge is 2.72. The van der Waals surface area contributed by atoms with Gasteiger partial charge in [0.25, 0.3) is 0 Å². The van der Waals surface area contributed by atoms with E-state index in [1.54, 1.807) is 5.57 Å². The van der Waals surface area contributed by atoms with Crippen LogP contribution in [0.4, 0.5) is 0 Å². The van der Waals surface area contributed by atoms with Crippen LogP contribution in [0, 0.1) is 28.6 Å². The van der Waals surface area contributed by atoms with E-state index in [9.17, 15) is 5.11 Å². The first-order chi connectivity index (χ1) is 11.4. The van der Waals surface area contributed by atoms with E-state index in [-0.39, 0.29) is 22.5 Å². The summed E-state index contributed by atoms with van der Waals surface area (Å²) in [4.78, 5) is -0.304. The van der Waals surface area contributed by atoms with Gasteiger partial charge in [0.15, 0.2) is 0 Å². The smallest absolute Gasteiger partial charge is 0.0812 e. The maximum atomic E-state index is 10.3. The molecule has 3 heteroatoms. The lowest BCUT2D eigenvalue weighted by Crippen LogP contribution is -2.63. The molecule has 1 saturated heterocycles. The highest BCUT2D eigenvalue weighted by molar-refractivity contribution is 6.25. The Morgan fingerprint density at radius 3 is 2.83 bits per heavy atom. The molecule has 1 heterocycles. The van der Waals surface area contributed by atoms with Crippen LogP contribution in [0.5, 0.6) is 0 Å². The Morgan fingerprint density at radius 1 is 1.21 bits per heavy atom. The summed E-state index contributed by atoms with van der Waals surface area (Å²) >= 11 is 7.28. The number of aliphatic hydroxyl groups is 1. The van der Waals surface area contributed by atoms with Gasteiger partial charge in [-0.05, 0) is 81.5 Å². The van der Waals surface area contributed by atoms with Crippen molar-refractivity contribution in [1.29, 1.82) is 0 Å². The highest BCUT2D eigenvalue weighted by atomic mass is 35.5. The molecule has 24 heavy (non-hydrogen) atoms. The van der Waals surface area contributed by atoms with Gasteiger partial charge in [-0.25, -0.2) is 0 Å². The van der Waals surface area contributed by atoms with Crippen LogP contribution in [0.2, 0.25) is 0 Å². The van der Waals surface area contributed by atoms with Gasteiger partial charge in [0, 0.05) is 5.41 Å². The summed E-state index contributed by atoms with van der Waals surface area (Å²) < 4.78 is 6.33. The fraction of sp³-hybridized carbons (Fsp3) is 0.905. The molecule has 5 fully saturated rings. The lowest BCUT2D eigenvalue weighted by atomic mass is 9.44. The first-order valence-corrected chi connectivity index (χ1v) is 10.5. The predicted octanol–water partition coefficient (Wildman–Crippen LogP) is 4.69. The van der Waals surface area contributed by atoms with Crippen LogP contribution in [0.3, 0.4) is 0 Å². The molecule has 0 amide bonds.